The molecule has 0 radical (unpaired) electrons. The third kappa shape index (κ3) is 9.10. The number of ketones is 2. The van der Waals surface area contributed by atoms with Gasteiger partial charge in [0.15, 0.2) is 11.6 Å². The van der Waals surface area contributed by atoms with E-state index in [0.717, 1.165) is 29.8 Å². The molecule has 0 saturated heterocycles. The van der Waals surface area contributed by atoms with Crippen LogP contribution >= 0.6 is 0 Å². The highest BCUT2D eigenvalue weighted by atomic mass is 16.1. The highest BCUT2D eigenvalue weighted by molar-refractivity contribution is 6.07. The molecule has 0 aliphatic rings. The summed E-state index contributed by atoms with van der Waals surface area (Å²) in [5, 5.41) is 0. The fraction of sp³-hybridized carbons (Fsp3) is 0.667. The number of nitrogens with zero attached hydrogens (tertiary/aromatic N) is 1. The molecule has 0 fully saturated rings. The minimum atomic E-state index is -0.153. The van der Waals surface area contributed by atoms with Crippen LogP contribution < -0.4 is 5.73 Å². The van der Waals surface area contributed by atoms with Gasteiger partial charge in [-0.3, -0.25) is 14.6 Å². The van der Waals surface area contributed by atoms with Gasteiger partial charge in [-0.1, -0.05) is 109 Å². The van der Waals surface area contributed by atoms with Crippen LogP contribution in [-0.4, -0.2) is 23.6 Å². The highest BCUT2D eigenvalue weighted by Crippen LogP contribution is 2.59. The molecule has 1 aromatic carbocycles. The molecule has 2 rings (SSSR count). The Hall–Kier alpha value is -2.33. The molecule has 0 spiro atoms. The molecule has 2 aromatic rings. The summed E-state index contributed by atoms with van der Waals surface area (Å²) in [5.74, 6) is 0.351. The van der Waals surface area contributed by atoms with Gasteiger partial charge in [-0.15, -0.1) is 0 Å². The van der Waals surface area contributed by atoms with E-state index in [1.807, 2.05) is 12.1 Å². The van der Waals surface area contributed by atoms with Gasteiger partial charge in [0.1, 0.15) is 0 Å². The lowest BCUT2D eigenvalue weighted by Crippen LogP contribution is -2.43. The van der Waals surface area contributed by atoms with Gasteiger partial charge in [0, 0.05) is 33.3 Å². The third-order valence-electron chi connectivity index (χ3n) is 9.62. The molecule has 4 nitrogen and oxygen atoms in total. The van der Waals surface area contributed by atoms with E-state index < -0.39 is 0 Å². The number of hydrogen-bond acceptors (Lipinski definition) is 4. The average molecular weight is 593 g/mol. The Morgan fingerprint density at radius 2 is 1.07 bits per heavy atom. The van der Waals surface area contributed by atoms with Crippen molar-refractivity contribution in [3.8, 4) is 0 Å². The zero-order chi connectivity index (χ0) is 33.9. The fourth-order valence-corrected chi connectivity index (χ4v) is 6.36. The molecule has 0 aliphatic heterocycles. The maximum atomic E-state index is 12.7. The van der Waals surface area contributed by atoms with Crippen molar-refractivity contribution in [2.45, 2.75) is 146 Å². The smallest absolute Gasteiger partial charge is 0.160 e. The van der Waals surface area contributed by atoms with Crippen molar-refractivity contribution in [1.82, 2.24) is 4.98 Å². The van der Waals surface area contributed by atoms with E-state index in [9.17, 15) is 9.59 Å². The second-order valence-corrected chi connectivity index (χ2v) is 16.8. The maximum Gasteiger partial charge on any atom is 0.160 e. The van der Waals surface area contributed by atoms with E-state index in [1.54, 1.807) is 13.8 Å². The average Bonchev–Trinajstić information content (AvgIpc) is 2.86. The predicted octanol–water partition coefficient (Wildman–Crippen LogP) is 10.4. The number of rotatable bonds is 9. The Morgan fingerprint density at radius 1 is 0.651 bits per heavy atom. The first kappa shape index (κ1) is 38.7. The second kappa shape index (κ2) is 13.8. The molecule has 2 unspecified atom stereocenters. The first-order chi connectivity index (χ1) is 19.3. The van der Waals surface area contributed by atoms with E-state index in [4.69, 9.17) is 4.98 Å². The second-order valence-electron chi connectivity index (χ2n) is 16.8. The van der Waals surface area contributed by atoms with E-state index in [-0.39, 0.29) is 44.6 Å². The Kier molecular flexibility index (Phi) is 12.4. The van der Waals surface area contributed by atoms with Gasteiger partial charge in [-0.25, -0.2) is 0 Å². The van der Waals surface area contributed by atoms with Gasteiger partial charge in [-0.05, 0) is 91.1 Å². The van der Waals surface area contributed by atoms with Crippen molar-refractivity contribution in [3.05, 3.63) is 64.0 Å². The molecule has 0 amide bonds. The van der Waals surface area contributed by atoms with Crippen LogP contribution in [0.25, 0.3) is 0 Å². The third-order valence-corrected chi connectivity index (χ3v) is 9.62. The first-order valence-electron chi connectivity index (χ1n) is 16.1. The largest absolute Gasteiger partial charge is 0.333 e. The number of carbonyl (C=O) groups excluding carboxylic acids is 2. The van der Waals surface area contributed by atoms with Gasteiger partial charge < -0.3 is 5.73 Å². The van der Waals surface area contributed by atoms with Crippen LogP contribution in [0.1, 0.15) is 179 Å². The van der Waals surface area contributed by atoms with Gasteiger partial charge in [0.25, 0.3) is 0 Å². The van der Waals surface area contributed by atoms with Gasteiger partial charge in [0.2, 0.25) is 0 Å². The molecule has 0 aliphatic carbocycles. The van der Waals surface area contributed by atoms with Crippen LogP contribution in [0.3, 0.4) is 0 Å². The minimum absolute atomic E-state index is 0.0513. The molecule has 2 N–H and O–H groups in total. The fourth-order valence-electron chi connectivity index (χ4n) is 6.36. The molecule has 242 valence electrons. The maximum absolute atomic E-state index is 12.7. The van der Waals surface area contributed by atoms with Crippen molar-refractivity contribution in [2.75, 3.05) is 7.05 Å². The molecule has 2 atom stereocenters. The summed E-state index contributed by atoms with van der Waals surface area (Å²) in [5.41, 5.74) is 10.0. The standard InChI is InChI=1S/C38H59NO2.CH5N/c1-17-30(27-21-32(35(7,8)9)39-33(22-27)36(10,11)12)37(13,14)38(15,16)31(23-34(4,5)6)26-18-19-28(24(2)40)29(20-26)25(3)41;1-2/h18-22,30-31H,17,23H2,1-16H3;2H2,1H3. The normalized spacial score (nSPS) is 14.5. The zero-order valence-electron chi connectivity index (χ0n) is 30.8. The highest BCUT2D eigenvalue weighted by Gasteiger charge is 2.49. The predicted molar refractivity (Wildman–Crippen MR) is 186 cm³/mol. The number of aromatic nitrogens is 1. The number of nitrogens with two attached hydrogens (primary N) is 1. The summed E-state index contributed by atoms with van der Waals surface area (Å²) in [6.07, 6.45) is 1.98. The molecular formula is C39H64N2O2. The Balaban J connectivity index is 0.00000452. The summed E-state index contributed by atoms with van der Waals surface area (Å²) >= 11 is 0. The Bertz CT molecular complexity index is 1230. The van der Waals surface area contributed by atoms with Crippen LogP contribution in [0.15, 0.2) is 30.3 Å². The van der Waals surface area contributed by atoms with E-state index >= 15 is 0 Å². The summed E-state index contributed by atoms with van der Waals surface area (Å²) in [6, 6.07) is 10.7. The van der Waals surface area contributed by atoms with Crippen LogP contribution in [0.4, 0.5) is 0 Å². The SMILES string of the molecule is CCC(c1cc(C(C)(C)C)nc(C(C)(C)C)c1)C(C)(C)C(C)(C)C(CC(C)(C)C)c1ccc(C(C)=O)c(C(C)=O)c1.CN. The quantitative estimate of drug-likeness (QED) is 0.294. The lowest BCUT2D eigenvalue weighted by atomic mass is 9.51. The number of pyridine rings is 1. The van der Waals surface area contributed by atoms with Crippen LogP contribution in [-0.2, 0) is 10.8 Å². The Morgan fingerprint density at radius 3 is 1.42 bits per heavy atom. The molecular weight excluding hydrogens is 528 g/mol. The van der Waals surface area contributed by atoms with Crippen molar-refractivity contribution in [1.29, 1.82) is 0 Å². The number of benzene rings is 1. The molecule has 4 heteroatoms. The summed E-state index contributed by atoms with van der Waals surface area (Å²) in [6.45, 7) is 35.5. The lowest BCUT2D eigenvalue weighted by Gasteiger charge is -2.53. The number of Topliss-reactive ketones (excluding diaryl/α,β-unsaturated/α-hetero) is 2. The van der Waals surface area contributed by atoms with Crippen LogP contribution in [0.2, 0.25) is 0 Å². The summed E-state index contributed by atoms with van der Waals surface area (Å²) in [7, 11) is 1.50. The summed E-state index contributed by atoms with van der Waals surface area (Å²) < 4.78 is 0. The van der Waals surface area contributed by atoms with Crippen LogP contribution in [0.5, 0.6) is 0 Å². The first-order valence-corrected chi connectivity index (χ1v) is 16.1. The van der Waals surface area contributed by atoms with E-state index in [1.165, 1.54) is 12.6 Å². The topological polar surface area (TPSA) is 73.0 Å². The van der Waals surface area contributed by atoms with Crippen molar-refractivity contribution in [3.63, 3.8) is 0 Å². The zero-order valence-corrected chi connectivity index (χ0v) is 30.8. The van der Waals surface area contributed by atoms with E-state index in [0.29, 0.717) is 17.0 Å². The number of carbonyl (C=O) groups is 2. The lowest BCUT2D eigenvalue weighted by molar-refractivity contribution is 0.0295. The van der Waals surface area contributed by atoms with Crippen molar-refractivity contribution in [2.24, 2.45) is 22.0 Å². The van der Waals surface area contributed by atoms with Gasteiger partial charge >= 0.3 is 0 Å². The van der Waals surface area contributed by atoms with E-state index in [2.05, 4.69) is 121 Å². The summed E-state index contributed by atoms with van der Waals surface area (Å²) in [4.78, 5) is 30.2. The monoisotopic (exact) mass is 592 g/mol. The van der Waals surface area contributed by atoms with Gasteiger partial charge in [0.05, 0.1) is 0 Å². The molecule has 43 heavy (non-hydrogen) atoms. The Labute approximate surface area is 265 Å². The molecule has 1 aromatic heterocycles. The van der Waals surface area contributed by atoms with Gasteiger partial charge in [-0.2, -0.15) is 0 Å². The number of hydrogen-bond donors (Lipinski definition) is 1. The van der Waals surface area contributed by atoms with Crippen LogP contribution in [0, 0.1) is 16.2 Å². The molecule has 1 heterocycles. The minimum Gasteiger partial charge on any atom is -0.333 e. The molecule has 0 bridgehead atoms. The molecule has 0 saturated carbocycles. The van der Waals surface area contributed by atoms with Crippen molar-refractivity contribution < 1.29 is 9.59 Å². The van der Waals surface area contributed by atoms with Crippen molar-refractivity contribution >= 4 is 11.6 Å².